The number of fused-ring (bicyclic) bond motifs is 1. The number of ether oxygens (including phenoxy) is 3. The van der Waals surface area contributed by atoms with Gasteiger partial charge in [-0.05, 0) is 19.9 Å². The van der Waals surface area contributed by atoms with Crippen molar-refractivity contribution in [3.63, 3.8) is 0 Å². The zero-order valence-electron chi connectivity index (χ0n) is 6.94. The van der Waals surface area contributed by atoms with Gasteiger partial charge in [-0.15, -0.1) is 0 Å². The van der Waals surface area contributed by atoms with Gasteiger partial charge in [0.15, 0.2) is 17.8 Å². The third-order valence-corrected chi connectivity index (χ3v) is 1.79. The Bertz CT molecular complexity index is 243. The van der Waals surface area contributed by atoms with Crippen LogP contribution in [0.25, 0.3) is 0 Å². The Labute approximate surface area is 70.1 Å². The number of allylic oxidation sites excluding steroid dienone is 1. The van der Waals surface area contributed by atoms with Gasteiger partial charge in [-0.2, -0.15) is 0 Å². The van der Waals surface area contributed by atoms with Crippen LogP contribution in [0.1, 0.15) is 13.8 Å². The number of hydrogen-bond acceptors (Lipinski definition) is 4. The van der Waals surface area contributed by atoms with E-state index >= 15 is 0 Å². The normalized spacial score (nSPS) is 37.0. The molecule has 2 heterocycles. The van der Waals surface area contributed by atoms with Gasteiger partial charge in [0.05, 0.1) is 0 Å². The Morgan fingerprint density at radius 3 is 2.83 bits per heavy atom. The minimum absolute atomic E-state index is 0.236. The molecular weight excluding hydrogens is 160 g/mol. The van der Waals surface area contributed by atoms with Gasteiger partial charge >= 0.3 is 0 Å². The van der Waals surface area contributed by atoms with Gasteiger partial charge in [0.1, 0.15) is 6.10 Å². The lowest BCUT2D eigenvalue weighted by atomic mass is 10.3. The van der Waals surface area contributed by atoms with E-state index in [0.29, 0.717) is 12.0 Å². The van der Waals surface area contributed by atoms with Crippen molar-refractivity contribution in [1.82, 2.24) is 0 Å². The first kappa shape index (κ1) is 7.76. The molecule has 0 aliphatic carbocycles. The Morgan fingerprint density at radius 2 is 2.25 bits per heavy atom. The minimum Gasteiger partial charge on any atom is -0.458 e. The van der Waals surface area contributed by atoms with Gasteiger partial charge in [0.25, 0.3) is 0 Å². The number of rotatable bonds is 1. The molecule has 0 spiro atoms. The van der Waals surface area contributed by atoms with E-state index in [1.807, 2.05) is 13.8 Å². The van der Waals surface area contributed by atoms with Gasteiger partial charge in [-0.1, -0.05) is 0 Å². The summed E-state index contributed by atoms with van der Waals surface area (Å²) in [6, 6.07) is 0. The Hall–Kier alpha value is -0.870. The van der Waals surface area contributed by atoms with Gasteiger partial charge in [-0.3, -0.25) is 4.79 Å². The third-order valence-electron chi connectivity index (χ3n) is 1.79. The summed E-state index contributed by atoms with van der Waals surface area (Å²) in [6.07, 6.45) is 1.60. The van der Waals surface area contributed by atoms with Crippen LogP contribution in [0.4, 0.5) is 0 Å². The highest BCUT2D eigenvalue weighted by Crippen LogP contribution is 2.34. The molecule has 4 nitrogen and oxygen atoms in total. The molecule has 0 unspecified atom stereocenters. The lowest BCUT2D eigenvalue weighted by molar-refractivity contribution is -0.181. The summed E-state index contributed by atoms with van der Waals surface area (Å²) in [5, 5.41) is 0. The van der Waals surface area contributed by atoms with Gasteiger partial charge in [-0.25, -0.2) is 0 Å². The number of carbonyl (C=O) groups excluding carboxylic acids is 1. The van der Waals surface area contributed by atoms with E-state index in [0.717, 1.165) is 0 Å². The summed E-state index contributed by atoms with van der Waals surface area (Å²) in [4.78, 5) is 10.3. The highest BCUT2D eigenvalue weighted by molar-refractivity contribution is 5.71. The topological polar surface area (TPSA) is 44.8 Å². The van der Waals surface area contributed by atoms with Crippen molar-refractivity contribution in [2.45, 2.75) is 32.0 Å². The zero-order chi connectivity index (χ0) is 8.77. The van der Waals surface area contributed by atoms with Crippen molar-refractivity contribution in [1.29, 1.82) is 0 Å². The van der Waals surface area contributed by atoms with Crippen molar-refractivity contribution < 1.29 is 19.0 Å². The van der Waals surface area contributed by atoms with E-state index in [-0.39, 0.29) is 6.10 Å². The molecule has 0 saturated carbocycles. The molecule has 2 aliphatic heterocycles. The number of carbonyl (C=O) groups is 1. The highest BCUT2D eigenvalue weighted by Gasteiger charge is 2.45. The average molecular weight is 170 g/mol. The van der Waals surface area contributed by atoms with E-state index in [9.17, 15) is 4.79 Å². The van der Waals surface area contributed by atoms with Gasteiger partial charge in [0, 0.05) is 0 Å². The zero-order valence-corrected chi connectivity index (χ0v) is 6.94. The second-order valence-electron chi connectivity index (χ2n) is 3.27. The summed E-state index contributed by atoms with van der Waals surface area (Å²) in [7, 11) is 0. The predicted octanol–water partition coefficient (Wildman–Crippen LogP) is 0.577. The van der Waals surface area contributed by atoms with Crippen molar-refractivity contribution in [2.24, 2.45) is 0 Å². The Balaban J connectivity index is 2.12. The largest absolute Gasteiger partial charge is 0.458 e. The van der Waals surface area contributed by atoms with Crippen molar-refractivity contribution in [3.8, 4) is 0 Å². The van der Waals surface area contributed by atoms with Crippen LogP contribution < -0.4 is 0 Å². The van der Waals surface area contributed by atoms with Crippen LogP contribution in [-0.4, -0.2) is 24.5 Å². The first-order valence-electron chi connectivity index (χ1n) is 3.80. The number of hydrogen-bond donors (Lipinski definition) is 0. The minimum atomic E-state index is -0.611. The molecule has 0 bridgehead atoms. The summed E-state index contributed by atoms with van der Waals surface area (Å²) in [6.45, 7) is 3.62. The molecule has 0 N–H and O–H groups in total. The highest BCUT2D eigenvalue weighted by atomic mass is 16.8. The molecule has 0 amide bonds. The van der Waals surface area contributed by atoms with Gasteiger partial charge < -0.3 is 14.2 Å². The molecule has 4 heteroatoms. The average Bonchev–Trinajstić information content (AvgIpc) is 2.40. The molecule has 2 rings (SSSR count). The standard InChI is InChI=1S/C8H10O4/c1-8(2)11-6-3-5(4-9)10-7(6)12-8/h3-4,6-7H,1-2H3/t6-,7-/m1/s1. The van der Waals surface area contributed by atoms with E-state index < -0.39 is 12.1 Å². The van der Waals surface area contributed by atoms with Crippen molar-refractivity contribution in [2.75, 3.05) is 0 Å². The quantitative estimate of drug-likeness (QED) is 0.540. The molecule has 1 saturated heterocycles. The second-order valence-corrected chi connectivity index (χ2v) is 3.27. The van der Waals surface area contributed by atoms with Crippen LogP contribution in [0.5, 0.6) is 0 Å². The molecular formula is C8H10O4. The van der Waals surface area contributed by atoms with Crippen molar-refractivity contribution >= 4 is 6.29 Å². The van der Waals surface area contributed by atoms with E-state index in [4.69, 9.17) is 14.2 Å². The molecule has 0 aromatic heterocycles. The molecule has 12 heavy (non-hydrogen) atoms. The number of aldehydes is 1. The van der Waals surface area contributed by atoms with Crippen LogP contribution in [0, 0.1) is 0 Å². The maximum Gasteiger partial charge on any atom is 0.232 e. The maximum absolute atomic E-state index is 10.3. The fourth-order valence-corrected chi connectivity index (χ4v) is 1.36. The van der Waals surface area contributed by atoms with Crippen LogP contribution >= 0.6 is 0 Å². The summed E-state index contributed by atoms with van der Waals surface area (Å²) in [5.41, 5.74) is 0. The predicted molar refractivity (Wildman–Crippen MR) is 39.1 cm³/mol. The summed E-state index contributed by atoms with van der Waals surface area (Å²) in [5.74, 6) is -0.319. The third kappa shape index (κ3) is 1.13. The van der Waals surface area contributed by atoms with E-state index in [1.54, 1.807) is 6.08 Å². The monoisotopic (exact) mass is 170 g/mol. The molecule has 2 atom stereocenters. The fourth-order valence-electron chi connectivity index (χ4n) is 1.36. The van der Waals surface area contributed by atoms with Crippen molar-refractivity contribution in [3.05, 3.63) is 11.8 Å². The molecule has 0 radical (unpaired) electrons. The van der Waals surface area contributed by atoms with Crippen LogP contribution in [-0.2, 0) is 19.0 Å². The summed E-state index contributed by atoms with van der Waals surface area (Å²) >= 11 is 0. The van der Waals surface area contributed by atoms with E-state index in [2.05, 4.69) is 0 Å². The molecule has 2 aliphatic rings. The lowest BCUT2D eigenvalue weighted by Crippen LogP contribution is -2.22. The molecule has 0 aromatic carbocycles. The smallest absolute Gasteiger partial charge is 0.232 e. The molecule has 0 aromatic rings. The Morgan fingerprint density at radius 1 is 1.50 bits per heavy atom. The first-order valence-corrected chi connectivity index (χ1v) is 3.80. The maximum atomic E-state index is 10.3. The molecule has 1 fully saturated rings. The van der Waals surface area contributed by atoms with Crippen LogP contribution in [0.15, 0.2) is 11.8 Å². The Kier molecular flexibility index (Phi) is 1.49. The SMILES string of the molecule is CC1(C)O[C@H]2OC(C=O)=C[C@H]2O1. The van der Waals surface area contributed by atoms with Crippen LogP contribution in [0.3, 0.4) is 0 Å². The first-order chi connectivity index (χ1) is 5.61. The molecule has 66 valence electrons. The van der Waals surface area contributed by atoms with Gasteiger partial charge in [0.2, 0.25) is 6.29 Å². The van der Waals surface area contributed by atoms with Crippen LogP contribution in [0.2, 0.25) is 0 Å². The van der Waals surface area contributed by atoms with E-state index in [1.165, 1.54) is 0 Å². The second kappa shape index (κ2) is 2.31. The fraction of sp³-hybridized carbons (Fsp3) is 0.625. The lowest BCUT2D eigenvalue weighted by Gasteiger charge is -2.16. The summed E-state index contributed by atoms with van der Waals surface area (Å²) < 4.78 is 15.9.